The van der Waals surface area contributed by atoms with Crippen LogP contribution < -0.4 is 0 Å². The van der Waals surface area contributed by atoms with Gasteiger partial charge in [0.25, 0.3) is 5.91 Å². The van der Waals surface area contributed by atoms with Gasteiger partial charge in [-0.15, -0.1) is 0 Å². The molecular weight excluding hydrogens is 371 g/mol. The topological polar surface area (TPSA) is 46.6 Å². The fraction of sp³-hybridized carbons (Fsp3) is 0.222. The van der Waals surface area contributed by atoms with Gasteiger partial charge in [-0.3, -0.25) is 9.59 Å². The van der Waals surface area contributed by atoms with Crippen LogP contribution in [-0.2, 0) is 16.1 Å². The quantitative estimate of drug-likeness (QED) is 0.558. The van der Waals surface area contributed by atoms with Crippen LogP contribution in [0.2, 0.25) is 5.02 Å². The largest absolute Gasteiger partial charge is 0.469 e. The van der Waals surface area contributed by atoms with Crippen LogP contribution in [0.15, 0.2) is 36.4 Å². The Labute approximate surface area is 153 Å². The lowest BCUT2D eigenvalue weighted by Gasteiger charge is -2.23. The van der Waals surface area contributed by atoms with Crippen molar-refractivity contribution >= 4 is 23.5 Å². The van der Waals surface area contributed by atoms with Crippen molar-refractivity contribution in [2.75, 3.05) is 13.7 Å². The van der Waals surface area contributed by atoms with E-state index < -0.39 is 34.9 Å². The third kappa shape index (κ3) is 4.54. The number of amides is 1. The van der Waals surface area contributed by atoms with Gasteiger partial charge < -0.3 is 9.64 Å². The first-order chi connectivity index (χ1) is 12.3. The molecule has 0 aliphatic heterocycles. The minimum atomic E-state index is -1.73. The molecule has 138 valence electrons. The molecule has 2 aromatic carbocycles. The molecule has 0 fully saturated rings. The van der Waals surface area contributed by atoms with Gasteiger partial charge in [0.1, 0.15) is 0 Å². The molecule has 26 heavy (non-hydrogen) atoms. The van der Waals surface area contributed by atoms with Gasteiger partial charge in [0.05, 0.1) is 19.1 Å². The highest BCUT2D eigenvalue weighted by atomic mass is 35.5. The van der Waals surface area contributed by atoms with Crippen LogP contribution in [0.1, 0.15) is 22.3 Å². The number of nitrogens with zero attached hydrogens (tertiary/aromatic N) is 1. The standard InChI is InChI=1S/C18H15ClF3NO3/c1-26-15(24)8-9-23(10-11-4-2-3-5-13(11)19)18(25)12-6-7-14(20)17(22)16(12)21/h2-7H,8-10H2,1H3. The average Bonchev–Trinajstić information content (AvgIpc) is 2.64. The number of rotatable bonds is 6. The van der Waals surface area contributed by atoms with Crippen LogP contribution in [0, 0.1) is 17.5 Å². The van der Waals surface area contributed by atoms with Crippen molar-refractivity contribution in [3.05, 3.63) is 70.0 Å². The van der Waals surface area contributed by atoms with E-state index in [1.54, 1.807) is 24.3 Å². The van der Waals surface area contributed by atoms with E-state index in [1.807, 2.05) is 0 Å². The summed E-state index contributed by atoms with van der Waals surface area (Å²) in [6, 6.07) is 8.18. The number of methoxy groups -OCH3 is 1. The van der Waals surface area contributed by atoms with Gasteiger partial charge in [0.15, 0.2) is 17.5 Å². The Morgan fingerprint density at radius 1 is 1.08 bits per heavy atom. The van der Waals surface area contributed by atoms with Crippen LogP contribution in [0.3, 0.4) is 0 Å². The van der Waals surface area contributed by atoms with E-state index in [0.29, 0.717) is 16.7 Å². The summed E-state index contributed by atoms with van der Waals surface area (Å²) >= 11 is 6.07. The first-order valence-electron chi connectivity index (χ1n) is 7.58. The number of carbonyl (C=O) groups is 2. The van der Waals surface area contributed by atoms with Crippen LogP contribution >= 0.6 is 11.6 Å². The molecule has 0 radical (unpaired) electrons. The van der Waals surface area contributed by atoms with E-state index in [4.69, 9.17) is 11.6 Å². The second-order valence-electron chi connectivity index (χ2n) is 5.37. The maximum Gasteiger partial charge on any atom is 0.307 e. The Morgan fingerprint density at radius 3 is 2.42 bits per heavy atom. The molecule has 0 spiro atoms. The van der Waals surface area contributed by atoms with Gasteiger partial charge >= 0.3 is 5.97 Å². The Kier molecular flexibility index (Phi) is 6.63. The fourth-order valence-corrected chi connectivity index (χ4v) is 2.47. The highest BCUT2D eigenvalue weighted by Crippen LogP contribution is 2.21. The molecule has 0 saturated heterocycles. The number of benzene rings is 2. The second kappa shape index (κ2) is 8.71. The molecule has 0 aromatic heterocycles. The summed E-state index contributed by atoms with van der Waals surface area (Å²) in [6.45, 7) is -0.164. The lowest BCUT2D eigenvalue weighted by molar-refractivity contribution is -0.140. The molecule has 0 aliphatic carbocycles. The van der Waals surface area contributed by atoms with Crippen molar-refractivity contribution in [2.45, 2.75) is 13.0 Å². The predicted octanol–water partition coefficient (Wildman–Crippen LogP) is 3.96. The Balaban J connectivity index is 2.33. The number of halogens is 4. The number of hydrogen-bond donors (Lipinski definition) is 0. The molecular formula is C18H15ClF3NO3. The molecule has 2 rings (SSSR count). The predicted molar refractivity (Wildman–Crippen MR) is 89.1 cm³/mol. The van der Waals surface area contributed by atoms with E-state index in [2.05, 4.69) is 4.74 Å². The number of carbonyl (C=O) groups excluding carboxylic acids is 2. The summed E-state index contributed by atoms with van der Waals surface area (Å²) in [4.78, 5) is 25.2. The van der Waals surface area contributed by atoms with E-state index in [-0.39, 0.29) is 19.5 Å². The highest BCUT2D eigenvalue weighted by Gasteiger charge is 2.24. The number of esters is 1. The minimum absolute atomic E-state index is 0.0477. The first-order valence-corrected chi connectivity index (χ1v) is 7.96. The maximum atomic E-state index is 14.0. The molecule has 0 bridgehead atoms. The van der Waals surface area contributed by atoms with E-state index >= 15 is 0 Å². The summed E-state index contributed by atoms with van der Waals surface area (Å²) in [5.41, 5.74) is -0.0869. The summed E-state index contributed by atoms with van der Waals surface area (Å²) in [5, 5.41) is 0.370. The third-order valence-electron chi connectivity index (χ3n) is 3.69. The number of hydrogen-bond acceptors (Lipinski definition) is 3. The first kappa shape index (κ1) is 19.8. The SMILES string of the molecule is COC(=O)CCN(Cc1ccccc1Cl)C(=O)c1ccc(F)c(F)c1F. The van der Waals surface area contributed by atoms with Crippen LogP contribution in [0.25, 0.3) is 0 Å². The third-order valence-corrected chi connectivity index (χ3v) is 4.05. The summed E-state index contributed by atoms with van der Waals surface area (Å²) < 4.78 is 45.1. The zero-order valence-electron chi connectivity index (χ0n) is 13.8. The van der Waals surface area contributed by atoms with Crippen molar-refractivity contribution in [1.29, 1.82) is 0 Å². The molecule has 8 heteroatoms. The lowest BCUT2D eigenvalue weighted by atomic mass is 10.1. The van der Waals surface area contributed by atoms with E-state index in [1.165, 1.54) is 7.11 Å². The van der Waals surface area contributed by atoms with Crippen molar-refractivity contribution in [1.82, 2.24) is 4.90 Å². The average molecular weight is 386 g/mol. The van der Waals surface area contributed by atoms with Crippen molar-refractivity contribution < 1.29 is 27.5 Å². The zero-order chi connectivity index (χ0) is 19.3. The molecule has 4 nitrogen and oxygen atoms in total. The minimum Gasteiger partial charge on any atom is -0.469 e. The van der Waals surface area contributed by atoms with Gasteiger partial charge in [0.2, 0.25) is 0 Å². The Hall–Kier alpha value is -2.54. The molecule has 0 unspecified atom stereocenters. The summed E-state index contributed by atoms with van der Waals surface area (Å²) in [6.07, 6.45) is -0.155. The smallest absolute Gasteiger partial charge is 0.307 e. The van der Waals surface area contributed by atoms with Crippen LogP contribution in [-0.4, -0.2) is 30.4 Å². The van der Waals surface area contributed by atoms with Crippen molar-refractivity contribution in [3.63, 3.8) is 0 Å². The zero-order valence-corrected chi connectivity index (χ0v) is 14.5. The van der Waals surface area contributed by atoms with E-state index in [9.17, 15) is 22.8 Å². The second-order valence-corrected chi connectivity index (χ2v) is 5.77. The number of ether oxygens (including phenoxy) is 1. The van der Waals surface area contributed by atoms with Gasteiger partial charge in [0, 0.05) is 18.1 Å². The monoisotopic (exact) mass is 385 g/mol. The molecule has 0 N–H and O–H groups in total. The molecule has 0 saturated carbocycles. The van der Waals surface area contributed by atoms with Gasteiger partial charge in [-0.25, -0.2) is 13.2 Å². The summed E-state index contributed by atoms with van der Waals surface area (Å²) in [5.74, 6) is -6.19. The Morgan fingerprint density at radius 2 is 1.77 bits per heavy atom. The lowest BCUT2D eigenvalue weighted by Crippen LogP contribution is -2.33. The van der Waals surface area contributed by atoms with Gasteiger partial charge in [-0.1, -0.05) is 29.8 Å². The highest BCUT2D eigenvalue weighted by molar-refractivity contribution is 6.31. The van der Waals surface area contributed by atoms with Gasteiger partial charge in [-0.2, -0.15) is 0 Å². The summed E-state index contributed by atoms with van der Waals surface area (Å²) in [7, 11) is 1.19. The van der Waals surface area contributed by atoms with Gasteiger partial charge in [-0.05, 0) is 23.8 Å². The fourth-order valence-electron chi connectivity index (χ4n) is 2.27. The molecule has 0 aliphatic rings. The van der Waals surface area contributed by atoms with Crippen molar-refractivity contribution in [2.24, 2.45) is 0 Å². The molecule has 0 atom stereocenters. The Bertz CT molecular complexity index is 829. The van der Waals surface area contributed by atoms with Crippen LogP contribution in [0.4, 0.5) is 13.2 Å². The van der Waals surface area contributed by atoms with E-state index in [0.717, 1.165) is 11.0 Å². The van der Waals surface area contributed by atoms with Crippen molar-refractivity contribution in [3.8, 4) is 0 Å². The molecule has 1 amide bonds. The van der Waals surface area contributed by atoms with Crippen LogP contribution in [0.5, 0.6) is 0 Å². The maximum absolute atomic E-state index is 14.0. The normalized spacial score (nSPS) is 10.5. The molecule has 2 aromatic rings. The molecule has 0 heterocycles.